The fourth-order valence-electron chi connectivity index (χ4n) is 9.29. The normalized spacial score (nSPS) is 13.0. The molecule has 0 aliphatic carbocycles. The highest BCUT2D eigenvalue weighted by atomic mass is 16.6. The van der Waals surface area contributed by atoms with Crippen molar-refractivity contribution in [1.82, 2.24) is 0 Å². The number of carbonyl (C=O) groups excluding carboxylic acids is 3. The van der Waals surface area contributed by atoms with Gasteiger partial charge in [-0.3, -0.25) is 14.4 Å². The van der Waals surface area contributed by atoms with Crippen LogP contribution in [0.15, 0.2) is 134 Å². The highest BCUT2D eigenvalue weighted by Crippen LogP contribution is 2.16. The van der Waals surface area contributed by atoms with Gasteiger partial charge in [0.25, 0.3) is 0 Å². The first-order valence-electron chi connectivity index (χ1n) is 34.2. The van der Waals surface area contributed by atoms with E-state index < -0.39 is 6.10 Å². The zero-order valence-corrected chi connectivity index (χ0v) is 53.5. The molecule has 0 fully saturated rings. The molecule has 1 atom stereocenters. The Bertz CT molecular complexity index is 1730. The molecule has 82 heavy (non-hydrogen) atoms. The fourth-order valence-corrected chi connectivity index (χ4v) is 9.29. The molecule has 0 amide bonds. The number of hydrogen-bond acceptors (Lipinski definition) is 6. The van der Waals surface area contributed by atoms with Gasteiger partial charge in [0.2, 0.25) is 0 Å². The second-order valence-corrected chi connectivity index (χ2v) is 22.4. The van der Waals surface area contributed by atoms with Crippen LogP contribution < -0.4 is 0 Å². The van der Waals surface area contributed by atoms with E-state index in [0.29, 0.717) is 19.3 Å². The molecule has 0 aliphatic heterocycles. The summed E-state index contributed by atoms with van der Waals surface area (Å²) >= 11 is 0. The molecule has 0 radical (unpaired) electrons. The Morgan fingerprint density at radius 1 is 0.256 bits per heavy atom. The van der Waals surface area contributed by atoms with Crippen molar-refractivity contribution in [2.24, 2.45) is 0 Å². The maximum atomic E-state index is 12.9. The summed E-state index contributed by atoms with van der Waals surface area (Å²) in [6.45, 7) is 6.48. The van der Waals surface area contributed by atoms with Crippen LogP contribution in [0.25, 0.3) is 0 Å². The van der Waals surface area contributed by atoms with E-state index >= 15 is 0 Å². The maximum Gasteiger partial charge on any atom is 0.306 e. The third-order valence-corrected chi connectivity index (χ3v) is 14.4. The Labute approximate surface area is 506 Å². The molecule has 6 heteroatoms. The van der Waals surface area contributed by atoms with Crippen LogP contribution in [-0.2, 0) is 28.6 Å². The van der Waals surface area contributed by atoms with Crippen LogP contribution in [0.4, 0.5) is 0 Å². The molecule has 0 bridgehead atoms. The number of hydrogen-bond donors (Lipinski definition) is 0. The van der Waals surface area contributed by atoms with Gasteiger partial charge in [-0.25, -0.2) is 0 Å². The molecule has 0 rings (SSSR count). The third kappa shape index (κ3) is 66.4. The molecule has 0 aromatic heterocycles. The second-order valence-electron chi connectivity index (χ2n) is 22.4. The first-order chi connectivity index (χ1) is 40.5. The molecule has 0 saturated carbocycles. The average molecular weight is 1140 g/mol. The van der Waals surface area contributed by atoms with Crippen LogP contribution in [0.1, 0.15) is 310 Å². The van der Waals surface area contributed by atoms with E-state index in [2.05, 4.69) is 154 Å². The van der Waals surface area contributed by atoms with E-state index in [-0.39, 0.29) is 31.1 Å². The number of rotatable bonds is 61. The zero-order valence-electron chi connectivity index (χ0n) is 53.5. The second kappa shape index (κ2) is 69.0. The molecule has 0 aliphatic rings. The average Bonchev–Trinajstić information content (AvgIpc) is 3.47. The van der Waals surface area contributed by atoms with Gasteiger partial charge >= 0.3 is 17.9 Å². The van der Waals surface area contributed by atoms with E-state index in [1.54, 1.807) is 0 Å². The van der Waals surface area contributed by atoms with Gasteiger partial charge in [-0.05, 0) is 122 Å². The van der Waals surface area contributed by atoms with Crippen molar-refractivity contribution in [3.05, 3.63) is 134 Å². The molecular weight excluding hydrogens is 1010 g/mol. The van der Waals surface area contributed by atoms with E-state index in [4.69, 9.17) is 14.2 Å². The molecule has 466 valence electrons. The van der Waals surface area contributed by atoms with E-state index in [1.165, 1.54) is 135 Å². The van der Waals surface area contributed by atoms with Gasteiger partial charge in [-0.1, -0.05) is 302 Å². The highest BCUT2D eigenvalue weighted by molar-refractivity contribution is 5.71. The lowest BCUT2D eigenvalue weighted by atomic mass is 10.1. The summed E-state index contributed by atoms with van der Waals surface area (Å²) in [6.07, 6.45) is 97.7. The molecule has 0 saturated heterocycles. The highest BCUT2D eigenvalue weighted by Gasteiger charge is 2.19. The standard InChI is InChI=1S/C76H126O6/c1-4-7-10-13-16-19-21-23-25-27-29-31-32-33-34-35-36-37-38-39-40-41-42-43-44-46-47-49-51-53-55-57-60-63-66-69-75(78)81-72-73(71-80-74(77)68-65-62-59-18-15-12-9-6-3)82-76(79)70-67-64-61-58-56-54-52-50-48-45-30-28-26-24-22-20-17-14-11-8-5-2/h7,10,16,19,22-25,28-31,33-34,36-37,39-40,42-43,48,50,73H,4-6,8-9,11-15,17-18,20-21,26-27,32,35,38,41,44-47,49,51-72H2,1-3H3/b10-7-,19-16-,24-22-,25-23-,30-28-,31-29-,34-33-,37-36-,40-39-,43-42-,50-48-. The Balaban J connectivity index is 4.17. The molecule has 0 heterocycles. The molecular formula is C76H126O6. The number of unbranched alkanes of at least 4 members (excludes halogenated alkanes) is 28. The number of esters is 3. The Morgan fingerprint density at radius 2 is 0.476 bits per heavy atom. The minimum atomic E-state index is -0.788. The van der Waals surface area contributed by atoms with Crippen LogP contribution in [0, 0.1) is 0 Å². The fraction of sp³-hybridized carbons (Fsp3) is 0.671. The van der Waals surface area contributed by atoms with Crippen molar-refractivity contribution in [3.8, 4) is 0 Å². The minimum Gasteiger partial charge on any atom is -0.462 e. The van der Waals surface area contributed by atoms with Gasteiger partial charge in [0, 0.05) is 19.3 Å². The minimum absolute atomic E-state index is 0.0849. The van der Waals surface area contributed by atoms with Gasteiger partial charge in [0.1, 0.15) is 13.2 Å². The lowest BCUT2D eigenvalue weighted by Crippen LogP contribution is -2.30. The van der Waals surface area contributed by atoms with Gasteiger partial charge in [0.05, 0.1) is 0 Å². The van der Waals surface area contributed by atoms with Gasteiger partial charge in [-0.15, -0.1) is 0 Å². The summed E-state index contributed by atoms with van der Waals surface area (Å²) in [6, 6.07) is 0. The van der Waals surface area contributed by atoms with Crippen molar-refractivity contribution in [3.63, 3.8) is 0 Å². The summed E-state index contributed by atoms with van der Waals surface area (Å²) in [4.78, 5) is 38.2. The summed E-state index contributed by atoms with van der Waals surface area (Å²) in [5.74, 6) is -0.902. The Kier molecular flexibility index (Phi) is 65.3. The van der Waals surface area contributed by atoms with E-state index in [1.807, 2.05) is 0 Å². The van der Waals surface area contributed by atoms with Gasteiger partial charge in [-0.2, -0.15) is 0 Å². The topological polar surface area (TPSA) is 78.9 Å². The van der Waals surface area contributed by atoms with Gasteiger partial charge in [0.15, 0.2) is 6.10 Å². The molecule has 1 unspecified atom stereocenters. The van der Waals surface area contributed by atoms with Crippen molar-refractivity contribution >= 4 is 17.9 Å². The molecule has 0 N–H and O–H groups in total. The molecule has 0 aromatic rings. The third-order valence-electron chi connectivity index (χ3n) is 14.4. The van der Waals surface area contributed by atoms with Crippen LogP contribution in [0.3, 0.4) is 0 Å². The quantitative estimate of drug-likeness (QED) is 0.0261. The number of carbonyl (C=O) groups is 3. The molecule has 0 spiro atoms. The zero-order chi connectivity index (χ0) is 59.2. The van der Waals surface area contributed by atoms with Gasteiger partial charge < -0.3 is 14.2 Å². The van der Waals surface area contributed by atoms with Crippen molar-refractivity contribution in [2.45, 2.75) is 316 Å². The summed E-state index contributed by atoms with van der Waals surface area (Å²) < 4.78 is 16.9. The Hall–Kier alpha value is -4.45. The van der Waals surface area contributed by atoms with E-state index in [9.17, 15) is 14.4 Å². The summed E-state index contributed by atoms with van der Waals surface area (Å²) in [5, 5.41) is 0. The lowest BCUT2D eigenvalue weighted by Gasteiger charge is -2.18. The predicted octanol–water partition coefficient (Wildman–Crippen LogP) is 23.7. The monoisotopic (exact) mass is 1130 g/mol. The van der Waals surface area contributed by atoms with Crippen molar-refractivity contribution < 1.29 is 28.6 Å². The van der Waals surface area contributed by atoms with Crippen LogP contribution >= 0.6 is 0 Å². The lowest BCUT2D eigenvalue weighted by molar-refractivity contribution is -0.167. The Morgan fingerprint density at radius 3 is 0.744 bits per heavy atom. The van der Waals surface area contributed by atoms with Crippen molar-refractivity contribution in [2.75, 3.05) is 13.2 Å². The molecule has 0 aromatic carbocycles. The summed E-state index contributed by atoms with van der Waals surface area (Å²) in [5.41, 5.74) is 0. The first kappa shape index (κ1) is 77.5. The maximum absolute atomic E-state index is 12.9. The van der Waals surface area contributed by atoms with Crippen LogP contribution in [-0.4, -0.2) is 37.2 Å². The largest absolute Gasteiger partial charge is 0.462 e. The van der Waals surface area contributed by atoms with Crippen LogP contribution in [0.5, 0.6) is 0 Å². The van der Waals surface area contributed by atoms with Crippen molar-refractivity contribution in [1.29, 1.82) is 0 Å². The predicted molar refractivity (Wildman–Crippen MR) is 357 cm³/mol. The molecule has 6 nitrogen and oxygen atoms in total. The smallest absolute Gasteiger partial charge is 0.306 e. The van der Waals surface area contributed by atoms with E-state index in [0.717, 1.165) is 135 Å². The number of allylic oxidation sites excluding steroid dienone is 22. The summed E-state index contributed by atoms with van der Waals surface area (Å²) in [7, 11) is 0. The SMILES string of the molecule is CC/C=C\C/C=C\C/C=C\C/C=C\C/C=C\C/C=C\C/C=C\C/C=C\CCCCCCCCCCCCC(=O)OCC(COC(=O)CCCCCCCCCC)OC(=O)CCCCCCCC/C=C\C/C=C\C/C=C\CCCCCCC. The number of ether oxygens (including phenoxy) is 3. The first-order valence-corrected chi connectivity index (χ1v) is 34.2. The van der Waals surface area contributed by atoms with Crippen LogP contribution in [0.2, 0.25) is 0 Å².